The molecule has 5 heteroatoms. The van der Waals surface area contributed by atoms with Gasteiger partial charge in [-0.25, -0.2) is 0 Å². The maximum Gasteiger partial charge on any atom is 0.220 e. The van der Waals surface area contributed by atoms with Crippen molar-refractivity contribution < 1.29 is 4.79 Å². The van der Waals surface area contributed by atoms with Crippen molar-refractivity contribution >= 4 is 30.1 Å². The van der Waals surface area contributed by atoms with E-state index in [0.29, 0.717) is 17.7 Å². The Morgan fingerprint density at radius 2 is 2.10 bits per heavy atom. The molecule has 0 aromatic heterocycles. The summed E-state index contributed by atoms with van der Waals surface area (Å²) in [5.74, 6) is 2.16. The lowest BCUT2D eigenvalue weighted by Crippen LogP contribution is -2.43. The quantitative estimate of drug-likeness (QED) is 0.790. The smallest absolute Gasteiger partial charge is 0.220 e. The number of rotatable bonds is 6. The first-order valence-corrected chi connectivity index (χ1v) is 8.96. The number of carbonyl (C=O) groups excluding carboxylic acids is 1. The normalized spacial score (nSPS) is 29.8. The van der Waals surface area contributed by atoms with Gasteiger partial charge in [-0.05, 0) is 50.4 Å². The van der Waals surface area contributed by atoms with Crippen LogP contribution in [0.5, 0.6) is 0 Å². The van der Waals surface area contributed by atoms with Crippen molar-refractivity contribution in [2.75, 3.05) is 18.8 Å². The Balaban J connectivity index is 0.00000200. The molecule has 1 amide bonds. The monoisotopic (exact) mass is 320 g/mol. The second kappa shape index (κ2) is 9.91. The van der Waals surface area contributed by atoms with Gasteiger partial charge in [0.25, 0.3) is 0 Å². The fourth-order valence-electron chi connectivity index (χ4n) is 3.25. The molecule has 2 N–H and O–H groups in total. The van der Waals surface area contributed by atoms with Gasteiger partial charge in [-0.1, -0.05) is 19.8 Å². The zero-order chi connectivity index (χ0) is 13.5. The molecule has 2 aliphatic rings. The molecule has 20 heavy (non-hydrogen) atoms. The van der Waals surface area contributed by atoms with Gasteiger partial charge < -0.3 is 10.6 Å². The first-order valence-electron chi connectivity index (χ1n) is 7.91. The molecule has 2 fully saturated rings. The van der Waals surface area contributed by atoms with E-state index < -0.39 is 0 Å². The number of thioether (sulfide) groups is 1. The fraction of sp³-hybridized carbons (Fsp3) is 0.933. The number of nitrogens with one attached hydrogen (secondary N) is 2. The summed E-state index contributed by atoms with van der Waals surface area (Å²) >= 11 is 2.02. The van der Waals surface area contributed by atoms with E-state index in [1.807, 2.05) is 11.8 Å². The second-order valence-electron chi connectivity index (χ2n) is 5.85. The summed E-state index contributed by atoms with van der Waals surface area (Å²) < 4.78 is 0. The highest BCUT2D eigenvalue weighted by atomic mass is 35.5. The molecule has 0 spiro atoms. The van der Waals surface area contributed by atoms with Crippen molar-refractivity contribution in [1.29, 1.82) is 0 Å². The lowest BCUT2D eigenvalue weighted by molar-refractivity contribution is -0.122. The van der Waals surface area contributed by atoms with Gasteiger partial charge in [0.2, 0.25) is 5.91 Å². The van der Waals surface area contributed by atoms with Crippen LogP contribution in [0.3, 0.4) is 0 Å². The van der Waals surface area contributed by atoms with Crippen LogP contribution >= 0.6 is 24.2 Å². The third-order valence-electron chi connectivity index (χ3n) is 4.37. The molecule has 0 aromatic rings. The van der Waals surface area contributed by atoms with Crippen molar-refractivity contribution in [1.82, 2.24) is 10.6 Å². The van der Waals surface area contributed by atoms with E-state index in [1.54, 1.807) is 0 Å². The highest BCUT2D eigenvalue weighted by Crippen LogP contribution is 2.28. The summed E-state index contributed by atoms with van der Waals surface area (Å²) in [5.41, 5.74) is 0. The number of amides is 1. The van der Waals surface area contributed by atoms with Crippen molar-refractivity contribution in [3.63, 3.8) is 0 Å². The predicted octanol–water partition coefficient (Wildman–Crippen LogP) is 2.98. The molecule has 1 saturated heterocycles. The van der Waals surface area contributed by atoms with Gasteiger partial charge in [-0.3, -0.25) is 4.79 Å². The van der Waals surface area contributed by atoms with E-state index in [1.165, 1.54) is 32.1 Å². The Morgan fingerprint density at radius 3 is 2.80 bits per heavy atom. The van der Waals surface area contributed by atoms with Crippen LogP contribution in [0.2, 0.25) is 0 Å². The van der Waals surface area contributed by atoms with Crippen molar-refractivity contribution in [2.24, 2.45) is 5.92 Å². The fourth-order valence-corrected chi connectivity index (χ4v) is 4.45. The van der Waals surface area contributed by atoms with Gasteiger partial charge in [0.15, 0.2) is 0 Å². The molecule has 3 unspecified atom stereocenters. The van der Waals surface area contributed by atoms with Gasteiger partial charge in [0.1, 0.15) is 0 Å². The lowest BCUT2D eigenvalue weighted by Gasteiger charge is -2.31. The summed E-state index contributed by atoms with van der Waals surface area (Å²) in [5, 5.41) is 7.31. The molecule has 1 aliphatic carbocycles. The van der Waals surface area contributed by atoms with E-state index in [4.69, 9.17) is 0 Å². The van der Waals surface area contributed by atoms with E-state index >= 15 is 0 Å². The van der Waals surface area contributed by atoms with Crippen LogP contribution < -0.4 is 10.6 Å². The summed E-state index contributed by atoms with van der Waals surface area (Å²) in [4.78, 5) is 12.1. The van der Waals surface area contributed by atoms with Crippen LogP contribution in [-0.4, -0.2) is 36.0 Å². The molecule has 0 radical (unpaired) electrons. The predicted molar refractivity (Wildman–Crippen MR) is 89.8 cm³/mol. The molecular weight excluding hydrogens is 292 g/mol. The number of hydrogen-bond donors (Lipinski definition) is 2. The molecule has 3 atom stereocenters. The molecule has 1 heterocycles. The average Bonchev–Trinajstić information content (AvgIpc) is 2.92. The lowest BCUT2D eigenvalue weighted by atomic mass is 9.94. The molecule has 3 nitrogen and oxygen atoms in total. The zero-order valence-corrected chi connectivity index (χ0v) is 14.2. The van der Waals surface area contributed by atoms with E-state index in [0.717, 1.165) is 31.2 Å². The third-order valence-corrected chi connectivity index (χ3v) is 5.70. The van der Waals surface area contributed by atoms with Crippen LogP contribution in [0, 0.1) is 5.92 Å². The standard InChI is InChI=1S/C15H28N2OS.ClH/c1-2-19-14-6-4-3-5-13(14)17-15(18)8-7-12-9-10-16-11-12;/h12-14,16H,2-11H2,1H3,(H,17,18);1H. The van der Waals surface area contributed by atoms with Crippen LogP contribution in [0.1, 0.15) is 51.9 Å². The molecule has 2 rings (SSSR count). The zero-order valence-electron chi connectivity index (χ0n) is 12.5. The maximum absolute atomic E-state index is 12.1. The molecule has 1 saturated carbocycles. The molecule has 118 valence electrons. The van der Waals surface area contributed by atoms with Gasteiger partial charge in [0, 0.05) is 17.7 Å². The first kappa shape index (κ1) is 18.1. The topological polar surface area (TPSA) is 41.1 Å². The molecule has 1 aliphatic heterocycles. The van der Waals surface area contributed by atoms with E-state index in [-0.39, 0.29) is 18.3 Å². The van der Waals surface area contributed by atoms with Crippen LogP contribution in [0.4, 0.5) is 0 Å². The molecule has 0 bridgehead atoms. The highest BCUT2D eigenvalue weighted by molar-refractivity contribution is 7.99. The van der Waals surface area contributed by atoms with Crippen molar-refractivity contribution in [3.05, 3.63) is 0 Å². The summed E-state index contributed by atoms with van der Waals surface area (Å²) in [7, 11) is 0. The van der Waals surface area contributed by atoms with Crippen LogP contribution in [0.15, 0.2) is 0 Å². The van der Waals surface area contributed by atoms with Gasteiger partial charge >= 0.3 is 0 Å². The largest absolute Gasteiger partial charge is 0.352 e. The van der Waals surface area contributed by atoms with Crippen LogP contribution in [0.25, 0.3) is 0 Å². The Hall–Kier alpha value is 0.0700. The summed E-state index contributed by atoms with van der Waals surface area (Å²) in [6, 6.07) is 0.424. The van der Waals surface area contributed by atoms with Crippen molar-refractivity contribution in [3.8, 4) is 0 Å². The minimum atomic E-state index is 0. The van der Waals surface area contributed by atoms with E-state index in [2.05, 4.69) is 17.6 Å². The average molecular weight is 321 g/mol. The summed E-state index contributed by atoms with van der Waals surface area (Å²) in [6.45, 7) is 4.44. The molecule has 0 aromatic carbocycles. The van der Waals surface area contributed by atoms with Crippen LogP contribution in [-0.2, 0) is 4.79 Å². The molecular formula is C15H29ClN2OS. The Labute approximate surface area is 133 Å². The first-order chi connectivity index (χ1) is 9.29. The second-order valence-corrected chi connectivity index (χ2v) is 7.37. The number of halogens is 1. The van der Waals surface area contributed by atoms with Gasteiger partial charge in [0.05, 0.1) is 0 Å². The summed E-state index contributed by atoms with van der Waals surface area (Å²) in [6.07, 6.45) is 8.06. The Kier molecular flexibility index (Phi) is 8.98. The van der Waals surface area contributed by atoms with Gasteiger partial charge in [-0.15, -0.1) is 12.4 Å². The van der Waals surface area contributed by atoms with Crippen molar-refractivity contribution in [2.45, 2.75) is 63.2 Å². The Morgan fingerprint density at radius 1 is 1.30 bits per heavy atom. The SMILES string of the molecule is CCSC1CCCCC1NC(=O)CCC1CCNC1.Cl. The number of hydrogen-bond acceptors (Lipinski definition) is 3. The van der Waals surface area contributed by atoms with E-state index in [9.17, 15) is 4.79 Å². The Bertz CT molecular complexity index is 283. The minimum absolute atomic E-state index is 0. The third kappa shape index (κ3) is 5.82. The highest BCUT2D eigenvalue weighted by Gasteiger charge is 2.26. The van der Waals surface area contributed by atoms with Gasteiger partial charge in [-0.2, -0.15) is 11.8 Å². The minimum Gasteiger partial charge on any atom is -0.352 e. The maximum atomic E-state index is 12.1. The number of carbonyl (C=O) groups is 1.